The minimum absolute atomic E-state index is 0.0424. The van der Waals surface area contributed by atoms with E-state index in [9.17, 15) is 14.0 Å². The van der Waals surface area contributed by atoms with Gasteiger partial charge >= 0.3 is 0 Å². The third-order valence-corrected chi connectivity index (χ3v) is 5.83. The SMILES string of the molecule is O=C(Cc1ccc(F)cc1)N1C2CCC1[C@]1(CCCNC1=O)C2. The molecule has 1 N–H and O–H groups in total. The van der Waals surface area contributed by atoms with Gasteiger partial charge in [-0.2, -0.15) is 0 Å². The molecule has 2 bridgehead atoms. The largest absolute Gasteiger partial charge is 0.356 e. The van der Waals surface area contributed by atoms with E-state index in [1.807, 2.05) is 4.90 Å². The van der Waals surface area contributed by atoms with Gasteiger partial charge in [-0.3, -0.25) is 9.59 Å². The van der Waals surface area contributed by atoms with Gasteiger partial charge in [-0.1, -0.05) is 12.1 Å². The minimum Gasteiger partial charge on any atom is -0.356 e. The molecule has 4 nitrogen and oxygen atoms in total. The van der Waals surface area contributed by atoms with Crippen LogP contribution < -0.4 is 5.32 Å². The molecule has 23 heavy (non-hydrogen) atoms. The van der Waals surface area contributed by atoms with Crippen LogP contribution in [0.25, 0.3) is 0 Å². The summed E-state index contributed by atoms with van der Waals surface area (Å²) in [4.78, 5) is 27.2. The van der Waals surface area contributed by atoms with Crippen molar-refractivity contribution in [3.63, 3.8) is 0 Å². The van der Waals surface area contributed by atoms with Gasteiger partial charge in [-0.15, -0.1) is 0 Å². The second kappa shape index (κ2) is 5.32. The average Bonchev–Trinajstić information content (AvgIpc) is 3.09. The molecular weight excluding hydrogens is 295 g/mol. The second-order valence-electron chi connectivity index (χ2n) is 7.07. The molecule has 3 heterocycles. The first-order valence-corrected chi connectivity index (χ1v) is 8.44. The molecule has 1 spiro atoms. The van der Waals surface area contributed by atoms with Crippen molar-refractivity contribution in [1.82, 2.24) is 10.2 Å². The maximum Gasteiger partial charge on any atom is 0.228 e. The zero-order chi connectivity index (χ0) is 16.0. The molecule has 2 amide bonds. The molecule has 3 fully saturated rings. The Kier molecular flexibility index (Phi) is 3.39. The van der Waals surface area contributed by atoms with Crippen molar-refractivity contribution in [2.24, 2.45) is 5.41 Å². The lowest BCUT2D eigenvalue weighted by molar-refractivity contribution is -0.138. The van der Waals surface area contributed by atoms with Gasteiger partial charge in [0.1, 0.15) is 5.82 Å². The first kappa shape index (κ1) is 14.7. The van der Waals surface area contributed by atoms with E-state index in [4.69, 9.17) is 0 Å². The molecule has 4 rings (SSSR count). The van der Waals surface area contributed by atoms with Crippen molar-refractivity contribution in [3.8, 4) is 0 Å². The predicted molar refractivity (Wildman–Crippen MR) is 83.1 cm³/mol. The van der Waals surface area contributed by atoms with Crippen LogP contribution in [0.3, 0.4) is 0 Å². The van der Waals surface area contributed by atoms with Crippen LogP contribution >= 0.6 is 0 Å². The van der Waals surface area contributed by atoms with Crippen LogP contribution in [0.1, 0.15) is 37.7 Å². The van der Waals surface area contributed by atoms with Gasteiger partial charge in [0.05, 0.1) is 11.8 Å². The van der Waals surface area contributed by atoms with Crippen LogP contribution in [0, 0.1) is 11.2 Å². The molecule has 122 valence electrons. The number of hydrogen-bond donors (Lipinski definition) is 1. The first-order chi connectivity index (χ1) is 11.1. The topological polar surface area (TPSA) is 49.4 Å². The predicted octanol–water partition coefficient (Wildman–Crippen LogP) is 2.03. The van der Waals surface area contributed by atoms with Crippen molar-refractivity contribution in [3.05, 3.63) is 35.6 Å². The van der Waals surface area contributed by atoms with Gasteiger partial charge in [0, 0.05) is 18.6 Å². The van der Waals surface area contributed by atoms with E-state index in [1.165, 1.54) is 12.1 Å². The number of hydrogen-bond acceptors (Lipinski definition) is 2. The van der Waals surface area contributed by atoms with Crippen molar-refractivity contribution in [2.75, 3.05) is 6.54 Å². The van der Waals surface area contributed by atoms with E-state index in [1.54, 1.807) is 12.1 Å². The number of piperidine rings is 1. The van der Waals surface area contributed by atoms with Crippen LogP contribution in [0.2, 0.25) is 0 Å². The summed E-state index contributed by atoms with van der Waals surface area (Å²) in [6.45, 7) is 0.751. The van der Waals surface area contributed by atoms with Gasteiger partial charge in [0.15, 0.2) is 0 Å². The molecule has 1 aromatic rings. The van der Waals surface area contributed by atoms with Gasteiger partial charge in [0.2, 0.25) is 11.8 Å². The average molecular weight is 316 g/mol. The highest BCUT2D eigenvalue weighted by Gasteiger charge is 2.61. The summed E-state index contributed by atoms with van der Waals surface area (Å²) < 4.78 is 13.0. The van der Waals surface area contributed by atoms with Gasteiger partial charge in [-0.05, 0) is 49.8 Å². The van der Waals surface area contributed by atoms with Crippen molar-refractivity contribution in [1.29, 1.82) is 0 Å². The molecule has 0 aromatic heterocycles. The fourth-order valence-corrected chi connectivity index (χ4v) is 4.84. The van der Waals surface area contributed by atoms with Gasteiger partial charge in [0.25, 0.3) is 0 Å². The van der Waals surface area contributed by atoms with Crippen molar-refractivity contribution in [2.45, 2.75) is 50.6 Å². The van der Waals surface area contributed by atoms with Crippen LogP contribution in [0.4, 0.5) is 4.39 Å². The number of carbonyl (C=O) groups excluding carboxylic acids is 2. The second-order valence-corrected chi connectivity index (χ2v) is 7.07. The lowest BCUT2D eigenvalue weighted by atomic mass is 9.69. The number of nitrogens with one attached hydrogen (secondary N) is 1. The standard InChI is InChI=1S/C18H21FN2O2/c19-13-4-2-12(3-5-13)10-16(22)21-14-6-7-15(21)18(11-14)8-1-9-20-17(18)23/h2-5,14-15H,1,6-11H2,(H,20,23)/t14?,15?,18-/m0/s1. The number of nitrogens with zero attached hydrogens (tertiary/aromatic N) is 1. The fourth-order valence-electron chi connectivity index (χ4n) is 4.84. The molecule has 3 saturated heterocycles. The Hall–Kier alpha value is -1.91. The van der Waals surface area contributed by atoms with E-state index in [-0.39, 0.29) is 41.6 Å². The van der Waals surface area contributed by atoms with E-state index in [0.29, 0.717) is 0 Å². The first-order valence-electron chi connectivity index (χ1n) is 8.44. The fraction of sp³-hybridized carbons (Fsp3) is 0.556. The van der Waals surface area contributed by atoms with Crippen LogP contribution in [-0.2, 0) is 16.0 Å². The summed E-state index contributed by atoms with van der Waals surface area (Å²) in [5.41, 5.74) is 0.462. The maximum absolute atomic E-state index is 13.0. The molecule has 3 aliphatic heterocycles. The monoisotopic (exact) mass is 316 g/mol. The third kappa shape index (κ3) is 2.25. The Morgan fingerprint density at radius 3 is 2.83 bits per heavy atom. The lowest BCUT2D eigenvalue weighted by Crippen LogP contribution is -2.53. The summed E-state index contributed by atoms with van der Waals surface area (Å²) in [6.07, 6.45) is 4.89. The Labute approximate surface area is 135 Å². The molecule has 0 aliphatic carbocycles. The molecule has 2 unspecified atom stereocenters. The van der Waals surface area contributed by atoms with Crippen LogP contribution in [-0.4, -0.2) is 35.3 Å². The highest BCUT2D eigenvalue weighted by atomic mass is 19.1. The summed E-state index contributed by atoms with van der Waals surface area (Å²) in [6, 6.07) is 6.33. The maximum atomic E-state index is 13.0. The Morgan fingerprint density at radius 2 is 2.09 bits per heavy atom. The van der Waals surface area contributed by atoms with Gasteiger partial charge < -0.3 is 10.2 Å². The molecule has 0 radical (unpaired) electrons. The highest BCUT2D eigenvalue weighted by molar-refractivity contribution is 5.88. The van der Waals surface area contributed by atoms with Crippen LogP contribution in [0.5, 0.6) is 0 Å². The molecular formula is C18H21FN2O2. The minimum atomic E-state index is -0.361. The van der Waals surface area contributed by atoms with Gasteiger partial charge in [-0.25, -0.2) is 4.39 Å². The van der Waals surface area contributed by atoms with Crippen LogP contribution in [0.15, 0.2) is 24.3 Å². The van der Waals surface area contributed by atoms with Crippen molar-refractivity contribution < 1.29 is 14.0 Å². The van der Waals surface area contributed by atoms with Crippen molar-refractivity contribution >= 4 is 11.8 Å². The summed E-state index contributed by atoms with van der Waals surface area (Å²) in [5, 5.41) is 3.00. The number of benzene rings is 1. The van der Waals surface area contributed by atoms with E-state index in [0.717, 1.165) is 44.2 Å². The molecule has 3 atom stereocenters. The number of amides is 2. The smallest absolute Gasteiger partial charge is 0.228 e. The summed E-state index contributed by atoms with van der Waals surface area (Å²) in [5.74, 6) is -0.0878. The number of rotatable bonds is 2. The Morgan fingerprint density at radius 1 is 1.30 bits per heavy atom. The summed E-state index contributed by atoms with van der Waals surface area (Å²) >= 11 is 0. The Bertz CT molecular complexity index is 645. The molecule has 5 heteroatoms. The molecule has 0 saturated carbocycles. The zero-order valence-electron chi connectivity index (χ0n) is 13.1. The molecule has 3 aliphatic rings. The summed E-state index contributed by atoms with van der Waals surface area (Å²) in [7, 11) is 0. The Balaban J connectivity index is 1.54. The number of carbonyl (C=O) groups is 2. The zero-order valence-corrected chi connectivity index (χ0v) is 13.1. The molecule has 1 aromatic carbocycles. The highest BCUT2D eigenvalue weighted by Crippen LogP contribution is 2.53. The van der Waals surface area contributed by atoms with E-state index < -0.39 is 0 Å². The van der Waals surface area contributed by atoms with E-state index >= 15 is 0 Å². The third-order valence-electron chi connectivity index (χ3n) is 5.83. The normalized spacial score (nSPS) is 32.4. The lowest BCUT2D eigenvalue weighted by Gasteiger charge is -2.39. The number of fused-ring (bicyclic) bond motifs is 3. The quantitative estimate of drug-likeness (QED) is 0.907. The van der Waals surface area contributed by atoms with E-state index in [2.05, 4.69) is 5.32 Å². The number of halogens is 1.